The van der Waals surface area contributed by atoms with Crippen LogP contribution in [-0.2, 0) is 33.3 Å². The molecule has 13 nitrogen and oxygen atoms in total. The van der Waals surface area contributed by atoms with Gasteiger partial charge in [-0.3, -0.25) is 19.0 Å². The number of carbonyl (C=O) groups is 3. The van der Waals surface area contributed by atoms with E-state index in [9.17, 15) is 29.8 Å². The van der Waals surface area contributed by atoms with Gasteiger partial charge in [0.05, 0.1) is 0 Å². The lowest BCUT2D eigenvalue weighted by Gasteiger charge is -2.23. The van der Waals surface area contributed by atoms with Crippen molar-refractivity contribution >= 4 is 23.7 Å². The summed E-state index contributed by atoms with van der Waals surface area (Å²) < 4.78 is 21.9. The van der Waals surface area contributed by atoms with Crippen molar-refractivity contribution in [2.24, 2.45) is 0 Å². The molecule has 1 saturated heterocycles. The molecule has 28 heavy (non-hydrogen) atoms. The Morgan fingerprint density at radius 2 is 1.86 bits per heavy atom. The van der Waals surface area contributed by atoms with E-state index in [2.05, 4.69) is 4.98 Å². The second-order valence-electron chi connectivity index (χ2n) is 5.71. The van der Waals surface area contributed by atoms with Crippen LogP contribution in [0.25, 0.3) is 0 Å². The molecule has 0 radical (unpaired) electrons. The van der Waals surface area contributed by atoms with Gasteiger partial charge in [-0.15, -0.1) is 0 Å². The van der Waals surface area contributed by atoms with Crippen molar-refractivity contribution in [1.29, 1.82) is 5.26 Å². The molecular formula is C15H16N4O9. The summed E-state index contributed by atoms with van der Waals surface area (Å²) in [7, 11) is 0. The van der Waals surface area contributed by atoms with E-state index in [0.717, 1.165) is 31.7 Å². The molecule has 0 bridgehead atoms. The van der Waals surface area contributed by atoms with Crippen molar-refractivity contribution in [3.8, 4) is 6.07 Å². The Morgan fingerprint density at radius 3 is 2.36 bits per heavy atom. The molecule has 0 spiro atoms. The van der Waals surface area contributed by atoms with Gasteiger partial charge in [-0.1, -0.05) is 0 Å². The summed E-state index contributed by atoms with van der Waals surface area (Å²) in [5, 5.41) is 20.3. The maximum absolute atomic E-state index is 11.5. The first-order valence-corrected chi connectivity index (χ1v) is 7.90. The van der Waals surface area contributed by atoms with Gasteiger partial charge in [0.2, 0.25) is 12.0 Å². The molecule has 4 atom stereocenters. The SMILES string of the molecule is CC(=O)OC[C@H]1O[C@@H](n2cnc([N+](=O)[O-])c2C#N)[C@@H](OC(C)=O)[C@@H]1OC(C)=O. The van der Waals surface area contributed by atoms with Gasteiger partial charge in [0.25, 0.3) is 0 Å². The number of ether oxygens (including phenoxy) is 4. The number of hydrogen-bond donors (Lipinski definition) is 0. The minimum atomic E-state index is -1.29. The first kappa shape index (κ1) is 20.8. The Labute approximate surface area is 157 Å². The van der Waals surface area contributed by atoms with Crippen LogP contribution < -0.4 is 0 Å². The van der Waals surface area contributed by atoms with E-state index in [-0.39, 0.29) is 6.61 Å². The number of nitro groups is 1. The van der Waals surface area contributed by atoms with Crippen LogP contribution in [0, 0.1) is 21.4 Å². The summed E-state index contributed by atoms with van der Waals surface area (Å²) >= 11 is 0. The molecule has 1 aliphatic rings. The summed E-state index contributed by atoms with van der Waals surface area (Å²) in [6.45, 7) is 3.02. The molecule has 0 aliphatic carbocycles. The Hall–Kier alpha value is -3.53. The van der Waals surface area contributed by atoms with E-state index in [1.165, 1.54) is 0 Å². The van der Waals surface area contributed by atoms with Crippen LogP contribution in [0.2, 0.25) is 0 Å². The van der Waals surface area contributed by atoms with Crippen molar-refractivity contribution in [3.05, 3.63) is 22.1 Å². The summed E-state index contributed by atoms with van der Waals surface area (Å²) in [4.78, 5) is 47.9. The van der Waals surface area contributed by atoms with Gasteiger partial charge in [-0.05, 0) is 9.91 Å². The topological polar surface area (TPSA) is 173 Å². The van der Waals surface area contributed by atoms with Crippen molar-refractivity contribution in [1.82, 2.24) is 9.55 Å². The lowest BCUT2D eigenvalue weighted by Crippen LogP contribution is -2.40. The quantitative estimate of drug-likeness (QED) is 0.274. The third-order valence-corrected chi connectivity index (χ3v) is 3.67. The lowest BCUT2D eigenvalue weighted by atomic mass is 10.1. The zero-order valence-electron chi connectivity index (χ0n) is 15.1. The minimum Gasteiger partial charge on any atom is -0.463 e. The Balaban J connectivity index is 2.47. The van der Waals surface area contributed by atoms with Crippen LogP contribution in [0.3, 0.4) is 0 Å². The highest BCUT2D eigenvalue weighted by atomic mass is 16.7. The van der Waals surface area contributed by atoms with Crippen molar-refractivity contribution < 1.29 is 38.3 Å². The van der Waals surface area contributed by atoms with Gasteiger partial charge in [0.1, 0.15) is 18.8 Å². The summed E-state index contributed by atoms with van der Waals surface area (Å²) in [6, 6.07) is 1.64. The van der Waals surface area contributed by atoms with Crippen molar-refractivity contribution in [2.75, 3.05) is 6.61 Å². The molecule has 150 valence electrons. The van der Waals surface area contributed by atoms with Crippen LogP contribution in [0.4, 0.5) is 5.82 Å². The van der Waals surface area contributed by atoms with Gasteiger partial charge in [0, 0.05) is 20.8 Å². The smallest absolute Gasteiger partial charge is 0.400 e. The van der Waals surface area contributed by atoms with Crippen LogP contribution in [0.5, 0.6) is 0 Å². The second kappa shape index (κ2) is 8.44. The summed E-state index contributed by atoms with van der Waals surface area (Å²) in [5.41, 5.74) is -0.457. The molecule has 0 aromatic carbocycles. The lowest BCUT2D eigenvalue weighted by molar-refractivity contribution is -0.389. The maximum atomic E-state index is 11.5. The number of carbonyl (C=O) groups excluding carboxylic acids is 3. The fraction of sp³-hybridized carbons (Fsp3) is 0.533. The van der Waals surface area contributed by atoms with Crippen LogP contribution in [0.15, 0.2) is 6.33 Å². The van der Waals surface area contributed by atoms with E-state index >= 15 is 0 Å². The van der Waals surface area contributed by atoms with Crippen LogP contribution in [0.1, 0.15) is 32.7 Å². The fourth-order valence-corrected chi connectivity index (χ4v) is 2.70. The minimum absolute atomic E-state index is 0.347. The molecule has 0 N–H and O–H groups in total. The first-order valence-electron chi connectivity index (χ1n) is 7.90. The summed E-state index contributed by atoms with van der Waals surface area (Å²) in [5.74, 6) is -2.83. The van der Waals surface area contributed by atoms with E-state index < -0.39 is 58.9 Å². The zero-order chi connectivity index (χ0) is 21.0. The normalized spacial score (nSPS) is 23.5. The van der Waals surface area contributed by atoms with Crippen molar-refractivity contribution in [2.45, 2.75) is 45.3 Å². The predicted molar refractivity (Wildman–Crippen MR) is 85.2 cm³/mol. The molecule has 1 aromatic heterocycles. The second-order valence-corrected chi connectivity index (χ2v) is 5.71. The standard InChI is InChI=1S/C15H16N4O9/c1-7(20)25-5-11-12(26-8(2)21)13(27-9(3)22)15(28-11)18-6-17-14(19(23)24)10(18)4-16/h6,11-13,15H,5H2,1-3H3/t11-,12-,13+,15-/m1/s1. The molecule has 0 unspecified atom stereocenters. The fourth-order valence-electron chi connectivity index (χ4n) is 2.70. The van der Waals surface area contributed by atoms with Gasteiger partial charge >= 0.3 is 23.7 Å². The molecule has 1 aliphatic heterocycles. The van der Waals surface area contributed by atoms with E-state index in [1.807, 2.05) is 0 Å². The highest BCUT2D eigenvalue weighted by molar-refractivity contribution is 5.68. The molecular weight excluding hydrogens is 380 g/mol. The van der Waals surface area contributed by atoms with Gasteiger partial charge < -0.3 is 29.1 Å². The number of imidazole rings is 1. The molecule has 13 heteroatoms. The third-order valence-electron chi connectivity index (χ3n) is 3.67. The average Bonchev–Trinajstić information content (AvgIpc) is 3.14. The zero-order valence-corrected chi connectivity index (χ0v) is 15.1. The molecule has 2 heterocycles. The number of aromatic nitrogens is 2. The number of esters is 3. The van der Waals surface area contributed by atoms with E-state index in [1.54, 1.807) is 6.07 Å². The van der Waals surface area contributed by atoms with Gasteiger partial charge in [0.15, 0.2) is 18.4 Å². The maximum Gasteiger partial charge on any atom is 0.400 e. The van der Waals surface area contributed by atoms with Gasteiger partial charge in [-0.25, -0.2) is 0 Å². The largest absolute Gasteiger partial charge is 0.463 e. The third kappa shape index (κ3) is 4.41. The average molecular weight is 396 g/mol. The highest BCUT2D eigenvalue weighted by Gasteiger charge is 2.51. The molecule has 2 rings (SSSR count). The highest BCUT2D eigenvalue weighted by Crippen LogP contribution is 2.36. The van der Waals surface area contributed by atoms with Crippen LogP contribution in [-0.4, -0.2) is 57.3 Å². The van der Waals surface area contributed by atoms with E-state index in [0.29, 0.717) is 0 Å². The Kier molecular flexibility index (Phi) is 6.26. The molecule has 1 fully saturated rings. The Morgan fingerprint density at radius 1 is 1.25 bits per heavy atom. The number of nitriles is 1. The number of hydrogen-bond acceptors (Lipinski definition) is 11. The van der Waals surface area contributed by atoms with Gasteiger partial charge in [-0.2, -0.15) is 5.26 Å². The predicted octanol–water partition coefficient (Wildman–Crippen LogP) is -0.0131. The van der Waals surface area contributed by atoms with E-state index in [4.69, 9.17) is 18.9 Å². The monoisotopic (exact) mass is 396 g/mol. The Bertz CT molecular complexity index is 843. The molecule has 0 amide bonds. The molecule has 1 aromatic rings. The summed E-state index contributed by atoms with van der Waals surface area (Å²) in [6.07, 6.45) is -3.85. The van der Waals surface area contributed by atoms with Crippen LogP contribution >= 0.6 is 0 Å². The number of nitrogens with zero attached hydrogens (tertiary/aromatic N) is 4. The first-order chi connectivity index (χ1) is 13.1. The van der Waals surface area contributed by atoms with Crippen molar-refractivity contribution in [3.63, 3.8) is 0 Å². The number of rotatable bonds is 6. The molecule has 0 saturated carbocycles.